The Morgan fingerprint density at radius 3 is 1.32 bits per heavy atom. The van der Waals surface area contributed by atoms with Crippen molar-refractivity contribution in [1.29, 1.82) is 0 Å². The van der Waals surface area contributed by atoms with Crippen LogP contribution in [0.2, 0.25) is 0 Å². The normalized spacial score (nSPS) is 13.1. The second-order valence-corrected chi connectivity index (χ2v) is 15.4. The molecule has 0 fully saturated rings. The summed E-state index contributed by atoms with van der Waals surface area (Å²) in [6.45, 7) is 0. The zero-order valence-corrected chi connectivity index (χ0v) is 31.1. The Morgan fingerprint density at radius 1 is 0.286 bits per heavy atom. The van der Waals surface area contributed by atoms with E-state index in [0.29, 0.717) is 17.5 Å². The standard InChI is InChI=1S/C52H33N3S/c1-3-17-34(18-4-1)49-53-50(35-19-5-2-6-20-35)55-51(54-49)42-26-10-9-23-39(42)38-22-8-7-21-37(38)36-31-32-46-48(33-36)56-47-30-16-15-29-45(47)52(46)43-27-13-11-24-40(43)41-25-12-14-28-44(41)52/h1-33H. The van der Waals surface area contributed by atoms with E-state index in [1.54, 1.807) is 0 Å². The minimum absolute atomic E-state index is 0.402. The minimum Gasteiger partial charge on any atom is -0.208 e. The van der Waals surface area contributed by atoms with Crippen LogP contribution in [0, 0.1) is 0 Å². The molecule has 0 saturated heterocycles. The van der Waals surface area contributed by atoms with Gasteiger partial charge in [0.2, 0.25) is 0 Å². The van der Waals surface area contributed by atoms with Crippen molar-refractivity contribution >= 4 is 11.8 Å². The van der Waals surface area contributed by atoms with Crippen LogP contribution in [0.3, 0.4) is 0 Å². The monoisotopic (exact) mass is 731 g/mol. The van der Waals surface area contributed by atoms with Gasteiger partial charge in [0, 0.05) is 26.5 Å². The van der Waals surface area contributed by atoms with Crippen molar-refractivity contribution in [2.45, 2.75) is 15.2 Å². The van der Waals surface area contributed by atoms with Gasteiger partial charge in [0.05, 0.1) is 5.41 Å². The predicted octanol–water partition coefficient (Wildman–Crippen LogP) is 13.0. The molecule has 1 spiro atoms. The van der Waals surface area contributed by atoms with Gasteiger partial charge in [0.25, 0.3) is 0 Å². The maximum Gasteiger partial charge on any atom is 0.164 e. The second-order valence-electron chi connectivity index (χ2n) is 14.3. The van der Waals surface area contributed by atoms with Crippen molar-refractivity contribution in [2.75, 3.05) is 0 Å². The third-order valence-electron chi connectivity index (χ3n) is 11.2. The van der Waals surface area contributed by atoms with Crippen molar-refractivity contribution in [2.24, 2.45) is 0 Å². The summed E-state index contributed by atoms with van der Waals surface area (Å²) in [6.07, 6.45) is 0. The first-order chi connectivity index (χ1) is 27.8. The largest absolute Gasteiger partial charge is 0.208 e. The molecule has 2 aliphatic rings. The molecule has 8 aromatic carbocycles. The summed E-state index contributed by atoms with van der Waals surface area (Å²) in [7, 11) is 0. The molecule has 0 amide bonds. The molecule has 4 heteroatoms. The molecule has 1 aromatic heterocycles. The molecule has 3 nitrogen and oxygen atoms in total. The summed E-state index contributed by atoms with van der Waals surface area (Å²) in [6, 6.07) is 71.6. The smallest absolute Gasteiger partial charge is 0.164 e. The number of benzene rings is 8. The highest BCUT2D eigenvalue weighted by molar-refractivity contribution is 7.99. The molecule has 11 rings (SSSR count). The lowest BCUT2D eigenvalue weighted by Crippen LogP contribution is -2.31. The topological polar surface area (TPSA) is 38.7 Å². The van der Waals surface area contributed by atoms with E-state index in [2.05, 4.69) is 164 Å². The second kappa shape index (κ2) is 13.2. The van der Waals surface area contributed by atoms with Crippen LogP contribution in [-0.4, -0.2) is 15.0 Å². The Morgan fingerprint density at radius 2 is 0.714 bits per heavy atom. The Hall–Kier alpha value is -6.88. The van der Waals surface area contributed by atoms with Crippen molar-refractivity contribution in [3.8, 4) is 67.5 Å². The van der Waals surface area contributed by atoms with E-state index in [0.717, 1.165) is 33.4 Å². The van der Waals surface area contributed by atoms with Crippen molar-refractivity contribution in [1.82, 2.24) is 15.0 Å². The number of rotatable bonds is 5. The fraction of sp³-hybridized carbons (Fsp3) is 0.0192. The average molecular weight is 732 g/mol. The van der Waals surface area contributed by atoms with Crippen molar-refractivity contribution in [3.05, 3.63) is 222 Å². The first kappa shape index (κ1) is 32.5. The first-order valence-corrected chi connectivity index (χ1v) is 19.8. The molecule has 0 unspecified atom stereocenters. The summed E-state index contributed by atoms with van der Waals surface area (Å²) in [4.78, 5) is 17.8. The van der Waals surface area contributed by atoms with Gasteiger partial charge in [-0.3, -0.25) is 0 Å². The maximum absolute atomic E-state index is 5.12. The number of hydrogen-bond acceptors (Lipinski definition) is 4. The Kier molecular flexibility index (Phi) is 7.64. The number of hydrogen-bond donors (Lipinski definition) is 0. The van der Waals surface area contributed by atoms with Gasteiger partial charge in [-0.25, -0.2) is 15.0 Å². The van der Waals surface area contributed by atoms with Gasteiger partial charge >= 0.3 is 0 Å². The predicted molar refractivity (Wildman–Crippen MR) is 228 cm³/mol. The number of nitrogens with zero attached hydrogens (tertiary/aromatic N) is 3. The van der Waals surface area contributed by atoms with E-state index in [9.17, 15) is 0 Å². The molecule has 0 bridgehead atoms. The Balaban J connectivity index is 1.09. The zero-order chi connectivity index (χ0) is 37.1. The quantitative estimate of drug-likeness (QED) is 0.177. The summed E-state index contributed by atoms with van der Waals surface area (Å²) < 4.78 is 0. The van der Waals surface area contributed by atoms with E-state index in [1.165, 1.54) is 48.7 Å². The molecule has 0 atom stereocenters. The van der Waals surface area contributed by atoms with E-state index in [4.69, 9.17) is 15.0 Å². The lowest BCUT2D eigenvalue weighted by atomic mass is 9.67. The lowest BCUT2D eigenvalue weighted by molar-refractivity contribution is 0.722. The summed E-state index contributed by atoms with van der Waals surface area (Å²) in [5, 5.41) is 0. The van der Waals surface area contributed by atoms with Gasteiger partial charge in [0.15, 0.2) is 17.5 Å². The van der Waals surface area contributed by atoms with Crippen LogP contribution >= 0.6 is 11.8 Å². The molecular formula is C52H33N3S. The van der Waals surface area contributed by atoms with Gasteiger partial charge in [-0.15, -0.1) is 0 Å². The molecule has 0 N–H and O–H groups in total. The number of fused-ring (bicyclic) bond motifs is 9. The van der Waals surface area contributed by atoms with Gasteiger partial charge in [0.1, 0.15) is 0 Å². The van der Waals surface area contributed by atoms with Crippen LogP contribution in [0.4, 0.5) is 0 Å². The lowest BCUT2D eigenvalue weighted by Gasteiger charge is -2.39. The molecule has 56 heavy (non-hydrogen) atoms. The number of aromatic nitrogens is 3. The molecule has 262 valence electrons. The highest BCUT2D eigenvalue weighted by atomic mass is 32.2. The molecule has 0 radical (unpaired) electrons. The van der Waals surface area contributed by atoms with Gasteiger partial charge < -0.3 is 0 Å². The maximum atomic E-state index is 5.12. The third-order valence-corrected chi connectivity index (χ3v) is 12.4. The fourth-order valence-corrected chi connectivity index (χ4v) is 10.1. The van der Waals surface area contributed by atoms with Crippen LogP contribution < -0.4 is 0 Å². The highest BCUT2D eigenvalue weighted by Crippen LogP contribution is 2.62. The molecule has 1 aliphatic carbocycles. The molecule has 2 heterocycles. The SMILES string of the molecule is c1ccc(-c2nc(-c3ccccc3)nc(-c3ccccc3-c3ccccc3-c3ccc4c(c3)Sc3ccccc3C43c4ccccc4-c4ccccc43)n2)cc1. The molecule has 9 aromatic rings. The van der Waals surface area contributed by atoms with Gasteiger partial charge in [-0.1, -0.05) is 200 Å². The van der Waals surface area contributed by atoms with E-state index < -0.39 is 5.41 Å². The molecular weight excluding hydrogens is 699 g/mol. The first-order valence-electron chi connectivity index (χ1n) is 18.9. The van der Waals surface area contributed by atoms with Crippen LogP contribution in [0.15, 0.2) is 210 Å². The summed E-state index contributed by atoms with van der Waals surface area (Å²) >= 11 is 1.88. The Labute approximate surface area is 330 Å². The molecule has 0 saturated carbocycles. The average Bonchev–Trinajstić information content (AvgIpc) is 3.57. The van der Waals surface area contributed by atoms with Gasteiger partial charge in [-0.05, 0) is 67.8 Å². The van der Waals surface area contributed by atoms with Crippen molar-refractivity contribution < 1.29 is 0 Å². The zero-order valence-electron chi connectivity index (χ0n) is 30.3. The highest BCUT2D eigenvalue weighted by Gasteiger charge is 2.50. The van der Waals surface area contributed by atoms with Crippen LogP contribution in [-0.2, 0) is 5.41 Å². The van der Waals surface area contributed by atoms with E-state index in [-0.39, 0.29) is 0 Å². The van der Waals surface area contributed by atoms with Crippen LogP contribution in [0.5, 0.6) is 0 Å². The molecule has 1 aliphatic heterocycles. The van der Waals surface area contributed by atoms with Crippen LogP contribution in [0.25, 0.3) is 67.5 Å². The Bertz CT molecular complexity index is 2850. The third kappa shape index (κ3) is 5.03. The van der Waals surface area contributed by atoms with E-state index in [1.807, 2.05) is 48.2 Å². The summed E-state index contributed by atoms with van der Waals surface area (Å²) in [5.74, 6) is 1.93. The fourth-order valence-electron chi connectivity index (χ4n) is 8.84. The van der Waals surface area contributed by atoms with Crippen molar-refractivity contribution in [3.63, 3.8) is 0 Å². The van der Waals surface area contributed by atoms with E-state index >= 15 is 0 Å². The minimum atomic E-state index is -0.402. The summed E-state index contributed by atoms with van der Waals surface area (Å²) in [5.41, 5.74) is 15.0. The van der Waals surface area contributed by atoms with Gasteiger partial charge in [-0.2, -0.15) is 0 Å². The van der Waals surface area contributed by atoms with Crippen LogP contribution in [0.1, 0.15) is 22.3 Å².